The Labute approximate surface area is 120 Å². The molecule has 3 rings (SSSR count). The third kappa shape index (κ3) is 2.54. The van der Waals surface area contributed by atoms with Gasteiger partial charge < -0.3 is 10.3 Å². The first-order chi connectivity index (χ1) is 9.74. The zero-order valence-electron chi connectivity index (χ0n) is 10.4. The molecular formula is C14H11ClN4O. The first kappa shape index (κ1) is 12.8. The molecule has 1 unspecified atom stereocenters. The number of pyridine rings is 1. The number of halogens is 1. The van der Waals surface area contributed by atoms with Crippen LogP contribution in [0.15, 0.2) is 53.2 Å². The van der Waals surface area contributed by atoms with Crippen molar-refractivity contribution in [2.24, 2.45) is 5.73 Å². The van der Waals surface area contributed by atoms with Crippen molar-refractivity contribution in [2.45, 2.75) is 6.04 Å². The van der Waals surface area contributed by atoms with Gasteiger partial charge in [-0.3, -0.25) is 4.98 Å². The standard InChI is InChI=1S/C14H11ClN4O/c15-10-6-7-11(17-8-10)13-18-14(20-19-13)12(16)9-4-2-1-3-5-9/h1-8,12H,16H2. The second-order valence-corrected chi connectivity index (χ2v) is 4.64. The molecule has 0 aliphatic heterocycles. The van der Waals surface area contributed by atoms with Crippen molar-refractivity contribution >= 4 is 11.6 Å². The molecule has 1 atom stereocenters. The zero-order chi connectivity index (χ0) is 13.9. The summed E-state index contributed by atoms with van der Waals surface area (Å²) in [5.41, 5.74) is 7.59. The summed E-state index contributed by atoms with van der Waals surface area (Å²) in [6.07, 6.45) is 1.53. The van der Waals surface area contributed by atoms with Gasteiger partial charge in [0.2, 0.25) is 11.7 Å². The van der Waals surface area contributed by atoms with E-state index in [0.717, 1.165) is 5.56 Å². The number of hydrogen-bond donors (Lipinski definition) is 1. The Kier molecular flexibility index (Phi) is 3.45. The van der Waals surface area contributed by atoms with Gasteiger partial charge in [0.15, 0.2) is 0 Å². The maximum atomic E-state index is 6.09. The van der Waals surface area contributed by atoms with Gasteiger partial charge in [0.05, 0.1) is 5.02 Å². The molecule has 100 valence electrons. The van der Waals surface area contributed by atoms with Gasteiger partial charge in [0.25, 0.3) is 0 Å². The fraction of sp³-hybridized carbons (Fsp3) is 0.0714. The molecule has 6 heteroatoms. The zero-order valence-corrected chi connectivity index (χ0v) is 11.2. The van der Waals surface area contributed by atoms with Crippen molar-refractivity contribution in [1.29, 1.82) is 0 Å². The summed E-state index contributed by atoms with van der Waals surface area (Å²) in [6, 6.07) is 12.6. The lowest BCUT2D eigenvalue weighted by atomic mass is 10.1. The molecule has 0 fully saturated rings. The van der Waals surface area contributed by atoms with Crippen molar-refractivity contribution in [3.05, 3.63) is 65.1 Å². The van der Waals surface area contributed by atoms with Crippen LogP contribution >= 0.6 is 11.6 Å². The Hall–Kier alpha value is -2.24. The average molecular weight is 287 g/mol. The van der Waals surface area contributed by atoms with Crippen LogP contribution in [0, 0.1) is 0 Å². The highest BCUT2D eigenvalue weighted by Gasteiger charge is 2.17. The van der Waals surface area contributed by atoms with E-state index < -0.39 is 6.04 Å². The fourth-order valence-corrected chi connectivity index (χ4v) is 1.89. The lowest BCUT2D eigenvalue weighted by molar-refractivity contribution is 0.367. The van der Waals surface area contributed by atoms with Gasteiger partial charge >= 0.3 is 0 Å². The Morgan fingerprint density at radius 1 is 1.10 bits per heavy atom. The molecule has 0 saturated carbocycles. The topological polar surface area (TPSA) is 77.8 Å². The Balaban J connectivity index is 1.89. The molecule has 0 aliphatic rings. The molecule has 0 aliphatic carbocycles. The third-order valence-electron chi connectivity index (χ3n) is 2.82. The number of benzene rings is 1. The molecule has 5 nitrogen and oxygen atoms in total. The second-order valence-electron chi connectivity index (χ2n) is 4.21. The number of nitrogens with zero attached hydrogens (tertiary/aromatic N) is 3. The summed E-state index contributed by atoms with van der Waals surface area (Å²) in [7, 11) is 0. The minimum atomic E-state index is -0.454. The summed E-state index contributed by atoms with van der Waals surface area (Å²) in [4.78, 5) is 8.41. The maximum Gasteiger partial charge on any atom is 0.248 e. The van der Waals surface area contributed by atoms with Crippen molar-refractivity contribution in [2.75, 3.05) is 0 Å². The van der Waals surface area contributed by atoms with Crippen LogP contribution in [0.2, 0.25) is 5.02 Å². The molecular weight excluding hydrogens is 276 g/mol. The Bertz CT molecular complexity index is 697. The largest absolute Gasteiger partial charge is 0.337 e. The van der Waals surface area contributed by atoms with Gasteiger partial charge in [0.1, 0.15) is 11.7 Å². The number of hydrogen-bond acceptors (Lipinski definition) is 5. The highest BCUT2D eigenvalue weighted by molar-refractivity contribution is 6.30. The van der Waals surface area contributed by atoms with Crippen LogP contribution in [0.4, 0.5) is 0 Å². The lowest BCUT2D eigenvalue weighted by Crippen LogP contribution is -2.11. The number of nitrogens with two attached hydrogens (primary N) is 1. The molecule has 0 saturated heterocycles. The maximum absolute atomic E-state index is 6.09. The molecule has 20 heavy (non-hydrogen) atoms. The van der Waals surface area contributed by atoms with E-state index >= 15 is 0 Å². The first-order valence-electron chi connectivity index (χ1n) is 6.00. The minimum Gasteiger partial charge on any atom is -0.337 e. The summed E-state index contributed by atoms with van der Waals surface area (Å²) >= 11 is 5.79. The van der Waals surface area contributed by atoms with Crippen LogP contribution in [0.3, 0.4) is 0 Å². The van der Waals surface area contributed by atoms with Gasteiger partial charge in [0, 0.05) is 6.20 Å². The molecule has 2 aromatic heterocycles. The quantitative estimate of drug-likeness (QED) is 0.801. The normalized spacial score (nSPS) is 12.3. The van der Waals surface area contributed by atoms with Crippen LogP contribution in [0.5, 0.6) is 0 Å². The molecule has 3 aromatic rings. The van der Waals surface area contributed by atoms with Crippen molar-refractivity contribution in [3.8, 4) is 11.5 Å². The van der Waals surface area contributed by atoms with Crippen molar-refractivity contribution < 1.29 is 4.52 Å². The monoisotopic (exact) mass is 286 g/mol. The minimum absolute atomic E-state index is 0.350. The number of aromatic nitrogens is 3. The molecule has 2 heterocycles. The molecule has 0 radical (unpaired) electrons. The highest BCUT2D eigenvalue weighted by Crippen LogP contribution is 2.21. The summed E-state index contributed by atoms with van der Waals surface area (Å²) in [5.74, 6) is 0.742. The van der Waals surface area contributed by atoms with E-state index in [2.05, 4.69) is 15.1 Å². The fourth-order valence-electron chi connectivity index (χ4n) is 1.78. The Morgan fingerprint density at radius 2 is 1.90 bits per heavy atom. The predicted octanol–water partition coefficient (Wildman–Crippen LogP) is 2.83. The van der Waals surface area contributed by atoms with Gasteiger partial charge in [-0.1, -0.05) is 47.1 Å². The predicted molar refractivity (Wildman–Crippen MR) is 75.0 cm³/mol. The van der Waals surface area contributed by atoms with Crippen LogP contribution in [-0.2, 0) is 0 Å². The molecule has 0 amide bonds. The summed E-state index contributed by atoms with van der Waals surface area (Å²) in [6.45, 7) is 0. The van der Waals surface area contributed by atoms with Crippen LogP contribution in [-0.4, -0.2) is 15.1 Å². The van der Waals surface area contributed by atoms with E-state index in [1.807, 2.05) is 30.3 Å². The van der Waals surface area contributed by atoms with Crippen LogP contribution in [0.1, 0.15) is 17.5 Å². The van der Waals surface area contributed by atoms with Gasteiger partial charge in [-0.2, -0.15) is 4.98 Å². The van der Waals surface area contributed by atoms with E-state index in [1.165, 1.54) is 6.20 Å². The van der Waals surface area contributed by atoms with Crippen molar-refractivity contribution in [3.63, 3.8) is 0 Å². The van der Waals surface area contributed by atoms with E-state index in [1.54, 1.807) is 12.1 Å². The SMILES string of the molecule is NC(c1ccccc1)c1nc(-c2ccc(Cl)cn2)no1. The average Bonchev–Trinajstić information content (AvgIpc) is 2.98. The van der Waals surface area contributed by atoms with Gasteiger partial charge in [-0.05, 0) is 17.7 Å². The van der Waals surface area contributed by atoms with Crippen LogP contribution < -0.4 is 5.73 Å². The number of rotatable bonds is 3. The van der Waals surface area contributed by atoms with Gasteiger partial charge in [-0.15, -0.1) is 0 Å². The second kappa shape index (κ2) is 5.40. The highest BCUT2D eigenvalue weighted by atomic mass is 35.5. The van der Waals surface area contributed by atoms with E-state index in [9.17, 15) is 0 Å². The third-order valence-corrected chi connectivity index (χ3v) is 3.05. The van der Waals surface area contributed by atoms with Gasteiger partial charge in [-0.25, -0.2) is 0 Å². The molecule has 2 N–H and O–H groups in total. The molecule has 0 bridgehead atoms. The van der Waals surface area contributed by atoms with E-state index in [4.69, 9.17) is 21.9 Å². The molecule has 0 spiro atoms. The smallest absolute Gasteiger partial charge is 0.248 e. The Morgan fingerprint density at radius 3 is 2.60 bits per heavy atom. The molecule has 1 aromatic carbocycles. The lowest BCUT2D eigenvalue weighted by Gasteiger charge is -2.05. The van der Waals surface area contributed by atoms with E-state index in [0.29, 0.717) is 22.4 Å². The van der Waals surface area contributed by atoms with Crippen molar-refractivity contribution in [1.82, 2.24) is 15.1 Å². The summed E-state index contributed by atoms with van der Waals surface area (Å²) < 4.78 is 5.21. The van der Waals surface area contributed by atoms with Crippen LogP contribution in [0.25, 0.3) is 11.5 Å². The summed E-state index contributed by atoms with van der Waals surface area (Å²) in [5, 5.41) is 4.45. The first-order valence-corrected chi connectivity index (χ1v) is 6.38. The van der Waals surface area contributed by atoms with E-state index in [-0.39, 0.29) is 0 Å².